The van der Waals surface area contributed by atoms with Crippen molar-refractivity contribution in [3.8, 4) is 11.4 Å². The Morgan fingerprint density at radius 2 is 2.10 bits per heavy atom. The quantitative estimate of drug-likeness (QED) is 0.617. The van der Waals surface area contributed by atoms with Crippen LogP contribution in [0, 0.1) is 5.92 Å². The molecule has 0 aliphatic heterocycles. The van der Waals surface area contributed by atoms with Gasteiger partial charge in [-0.25, -0.2) is 4.68 Å². The van der Waals surface area contributed by atoms with Crippen LogP contribution in [0.15, 0.2) is 24.3 Å². The molecule has 2 rings (SSSR count). The molecule has 0 saturated carbocycles. The van der Waals surface area contributed by atoms with Crippen LogP contribution in [0.5, 0.6) is 0 Å². The van der Waals surface area contributed by atoms with Crippen molar-refractivity contribution in [2.24, 2.45) is 5.92 Å². The van der Waals surface area contributed by atoms with Crippen LogP contribution in [0.2, 0.25) is 0 Å². The lowest BCUT2D eigenvalue weighted by Gasteiger charge is -2.08. The third-order valence-electron chi connectivity index (χ3n) is 2.84. The standard InChI is InChI=1S/C14H21N5O/c1-11(2)10-20-9-5-8-19-14(16-17-18-19)12-6-3-4-7-13(12)15/h3-4,6-7,11H,5,8-10,15H2,1-2H3. The summed E-state index contributed by atoms with van der Waals surface area (Å²) in [4.78, 5) is 0. The molecule has 0 atom stereocenters. The maximum atomic E-state index is 5.96. The summed E-state index contributed by atoms with van der Waals surface area (Å²) in [6, 6.07) is 7.59. The summed E-state index contributed by atoms with van der Waals surface area (Å²) in [6.07, 6.45) is 0.873. The van der Waals surface area contributed by atoms with E-state index in [0.29, 0.717) is 24.0 Å². The smallest absolute Gasteiger partial charge is 0.184 e. The summed E-state index contributed by atoms with van der Waals surface area (Å²) < 4.78 is 7.32. The molecule has 0 radical (unpaired) electrons. The van der Waals surface area contributed by atoms with Crippen molar-refractivity contribution in [3.05, 3.63) is 24.3 Å². The van der Waals surface area contributed by atoms with Gasteiger partial charge in [0.05, 0.1) is 0 Å². The molecule has 1 aromatic carbocycles. The SMILES string of the molecule is CC(C)COCCCn1nnnc1-c1ccccc1N. The summed E-state index contributed by atoms with van der Waals surface area (Å²) in [7, 11) is 0. The van der Waals surface area contributed by atoms with Gasteiger partial charge in [-0.2, -0.15) is 0 Å². The van der Waals surface area contributed by atoms with Gasteiger partial charge in [0.25, 0.3) is 0 Å². The monoisotopic (exact) mass is 275 g/mol. The summed E-state index contributed by atoms with van der Waals surface area (Å²) in [5, 5.41) is 11.8. The minimum absolute atomic E-state index is 0.558. The highest BCUT2D eigenvalue weighted by Crippen LogP contribution is 2.22. The molecule has 1 heterocycles. The zero-order valence-electron chi connectivity index (χ0n) is 12.0. The summed E-state index contributed by atoms with van der Waals surface area (Å²) in [5.41, 5.74) is 7.50. The third kappa shape index (κ3) is 3.77. The van der Waals surface area contributed by atoms with E-state index in [0.717, 1.165) is 25.1 Å². The lowest BCUT2D eigenvalue weighted by Crippen LogP contribution is -2.09. The second kappa shape index (κ2) is 7.00. The lowest BCUT2D eigenvalue weighted by atomic mass is 10.1. The molecular weight excluding hydrogens is 254 g/mol. The summed E-state index contributed by atoms with van der Waals surface area (Å²) in [5.74, 6) is 1.26. The van der Waals surface area contributed by atoms with Crippen LogP contribution >= 0.6 is 0 Å². The molecular formula is C14H21N5O. The van der Waals surface area contributed by atoms with E-state index in [-0.39, 0.29) is 0 Å². The van der Waals surface area contributed by atoms with Gasteiger partial charge in [-0.15, -0.1) is 5.10 Å². The van der Waals surface area contributed by atoms with Crippen LogP contribution in [0.1, 0.15) is 20.3 Å². The molecule has 6 heteroatoms. The number of rotatable bonds is 7. The maximum Gasteiger partial charge on any atom is 0.184 e. The fraction of sp³-hybridized carbons (Fsp3) is 0.500. The van der Waals surface area contributed by atoms with Gasteiger partial charge in [-0.05, 0) is 34.9 Å². The Labute approximate surface area is 118 Å². The molecule has 0 fully saturated rings. The Morgan fingerprint density at radius 3 is 2.85 bits per heavy atom. The zero-order valence-corrected chi connectivity index (χ0v) is 12.0. The van der Waals surface area contributed by atoms with Crippen LogP contribution in [-0.4, -0.2) is 33.4 Å². The van der Waals surface area contributed by atoms with Gasteiger partial charge < -0.3 is 10.5 Å². The number of ether oxygens (including phenoxy) is 1. The van der Waals surface area contributed by atoms with Crippen molar-refractivity contribution >= 4 is 5.69 Å². The van der Waals surface area contributed by atoms with E-state index in [1.807, 2.05) is 24.3 Å². The average molecular weight is 275 g/mol. The first-order chi connectivity index (χ1) is 9.68. The van der Waals surface area contributed by atoms with E-state index >= 15 is 0 Å². The van der Waals surface area contributed by atoms with Gasteiger partial charge in [0.2, 0.25) is 0 Å². The van der Waals surface area contributed by atoms with Crippen LogP contribution in [0.4, 0.5) is 5.69 Å². The normalized spacial score (nSPS) is 11.2. The van der Waals surface area contributed by atoms with Crippen LogP contribution in [-0.2, 0) is 11.3 Å². The Balaban J connectivity index is 1.94. The van der Waals surface area contributed by atoms with E-state index in [9.17, 15) is 0 Å². The highest BCUT2D eigenvalue weighted by molar-refractivity contribution is 5.70. The summed E-state index contributed by atoms with van der Waals surface area (Å²) in [6.45, 7) is 6.49. The number of anilines is 1. The van der Waals surface area contributed by atoms with Crippen molar-refractivity contribution in [3.63, 3.8) is 0 Å². The number of para-hydroxylation sites is 1. The van der Waals surface area contributed by atoms with Crippen molar-refractivity contribution < 1.29 is 4.74 Å². The molecule has 0 aliphatic carbocycles. The number of tetrazole rings is 1. The van der Waals surface area contributed by atoms with Gasteiger partial charge in [-0.1, -0.05) is 26.0 Å². The van der Waals surface area contributed by atoms with Crippen molar-refractivity contribution in [1.29, 1.82) is 0 Å². The second-order valence-electron chi connectivity index (χ2n) is 5.14. The number of benzene rings is 1. The number of nitrogen functional groups attached to an aromatic ring is 1. The predicted molar refractivity (Wildman–Crippen MR) is 77.9 cm³/mol. The molecule has 0 aliphatic rings. The van der Waals surface area contributed by atoms with Gasteiger partial charge >= 0.3 is 0 Å². The number of nitrogens with two attached hydrogens (primary N) is 1. The molecule has 1 aromatic heterocycles. The molecule has 2 N–H and O–H groups in total. The molecule has 0 amide bonds. The van der Waals surface area contributed by atoms with Gasteiger partial charge in [0, 0.05) is 31.0 Å². The highest BCUT2D eigenvalue weighted by Gasteiger charge is 2.10. The van der Waals surface area contributed by atoms with E-state index in [4.69, 9.17) is 10.5 Å². The van der Waals surface area contributed by atoms with Crippen LogP contribution in [0.3, 0.4) is 0 Å². The first kappa shape index (κ1) is 14.5. The van der Waals surface area contributed by atoms with Gasteiger partial charge in [-0.3, -0.25) is 0 Å². The van der Waals surface area contributed by atoms with E-state index < -0.39 is 0 Å². The number of aryl methyl sites for hydroxylation is 1. The zero-order chi connectivity index (χ0) is 14.4. The molecule has 0 spiro atoms. The number of hydrogen-bond acceptors (Lipinski definition) is 5. The first-order valence-electron chi connectivity index (χ1n) is 6.87. The van der Waals surface area contributed by atoms with Crippen molar-refractivity contribution in [2.75, 3.05) is 18.9 Å². The molecule has 108 valence electrons. The van der Waals surface area contributed by atoms with Crippen molar-refractivity contribution in [1.82, 2.24) is 20.2 Å². The minimum atomic E-state index is 0.558. The lowest BCUT2D eigenvalue weighted by molar-refractivity contribution is 0.105. The highest BCUT2D eigenvalue weighted by atomic mass is 16.5. The molecule has 0 bridgehead atoms. The Kier molecular flexibility index (Phi) is 5.06. The van der Waals surface area contributed by atoms with E-state index in [2.05, 4.69) is 29.4 Å². The maximum absolute atomic E-state index is 5.96. The second-order valence-corrected chi connectivity index (χ2v) is 5.14. The number of hydrogen-bond donors (Lipinski definition) is 1. The van der Waals surface area contributed by atoms with Crippen LogP contribution in [0.25, 0.3) is 11.4 Å². The Morgan fingerprint density at radius 1 is 1.30 bits per heavy atom. The van der Waals surface area contributed by atoms with Gasteiger partial charge in [0.1, 0.15) is 0 Å². The van der Waals surface area contributed by atoms with Crippen molar-refractivity contribution in [2.45, 2.75) is 26.8 Å². The fourth-order valence-electron chi connectivity index (χ4n) is 1.88. The van der Waals surface area contributed by atoms with Crippen LogP contribution < -0.4 is 5.73 Å². The average Bonchev–Trinajstić information content (AvgIpc) is 2.87. The molecule has 2 aromatic rings. The molecule has 0 unspecified atom stereocenters. The number of aromatic nitrogens is 4. The van der Waals surface area contributed by atoms with Gasteiger partial charge in [0.15, 0.2) is 5.82 Å². The van der Waals surface area contributed by atoms with E-state index in [1.54, 1.807) is 4.68 Å². The minimum Gasteiger partial charge on any atom is -0.398 e. The first-order valence-corrected chi connectivity index (χ1v) is 6.87. The Bertz CT molecular complexity index is 538. The third-order valence-corrected chi connectivity index (χ3v) is 2.84. The predicted octanol–water partition coefficient (Wildman–Crippen LogP) is 1.98. The largest absolute Gasteiger partial charge is 0.398 e. The number of nitrogens with zero attached hydrogens (tertiary/aromatic N) is 4. The topological polar surface area (TPSA) is 78.8 Å². The summed E-state index contributed by atoms with van der Waals surface area (Å²) >= 11 is 0. The molecule has 20 heavy (non-hydrogen) atoms. The Hall–Kier alpha value is -1.95. The fourth-order valence-corrected chi connectivity index (χ4v) is 1.88. The molecule has 6 nitrogen and oxygen atoms in total. The molecule has 0 saturated heterocycles. The van der Waals surface area contributed by atoms with E-state index in [1.165, 1.54) is 0 Å².